The second-order valence-electron chi connectivity index (χ2n) is 13.6. The normalized spacial score (nSPS) is 17.5. The third kappa shape index (κ3) is 7.74. The number of aromatic amines is 1. The van der Waals surface area contributed by atoms with Gasteiger partial charge in [0.1, 0.15) is 18.5 Å². The lowest BCUT2D eigenvalue weighted by atomic mass is 9.97. The van der Waals surface area contributed by atoms with Crippen molar-refractivity contribution in [1.29, 1.82) is 0 Å². The Labute approximate surface area is 337 Å². The molecule has 0 spiro atoms. The minimum Gasteiger partial charge on any atom is -1.00 e. The number of ether oxygens (including phenoxy) is 5. The van der Waals surface area contributed by atoms with Crippen LogP contribution in [-0.2, 0) is 23.7 Å². The number of aryl methyl sites for hydroxylation is 2. The molecule has 8 rings (SSSR count). The van der Waals surface area contributed by atoms with Gasteiger partial charge in [-0.1, -0.05) is 54.6 Å². The molecule has 1 fully saturated rings. The van der Waals surface area contributed by atoms with Crippen LogP contribution in [0.1, 0.15) is 55.4 Å². The van der Waals surface area contributed by atoms with Gasteiger partial charge in [-0.25, -0.2) is 14.4 Å². The summed E-state index contributed by atoms with van der Waals surface area (Å²) in [6, 6.07) is 32.9. The summed E-state index contributed by atoms with van der Waals surface area (Å²) in [7, 11) is 0. The predicted octanol–water partition coefficient (Wildman–Crippen LogP) is 4.51. The molecule has 1 aliphatic rings. The molecule has 7 aromatic rings. The van der Waals surface area contributed by atoms with E-state index < -0.39 is 48.4 Å². The first-order valence-electron chi connectivity index (χ1n) is 18.1. The standard InChI is InChI=1S/C45H36N2O9.BrH/c1-26-35-24-47(22-21-33(35)27(2)39-38(26)34-23-32(53-28(3)48)19-20-36(34)46-39)42-41(56-45(51)31-17-11-6-12-18-31)40(55-44(50)30-15-9-5-10-16-30)37(54-42)25-52-43(49)29-13-7-4-8-14-29;/h4-24,37,40-42H,25H2,1-3H3;1H/t37-,40-,41-,42-;/m0./s1. The van der Waals surface area contributed by atoms with E-state index >= 15 is 0 Å². The van der Waals surface area contributed by atoms with Gasteiger partial charge in [-0.05, 0) is 85.0 Å². The average Bonchev–Trinajstić information content (AvgIpc) is 3.77. The second kappa shape index (κ2) is 16.4. The van der Waals surface area contributed by atoms with Gasteiger partial charge in [0, 0.05) is 34.7 Å². The minimum absolute atomic E-state index is 0. The highest BCUT2D eigenvalue weighted by atomic mass is 79.9. The molecule has 0 amide bonds. The van der Waals surface area contributed by atoms with Gasteiger partial charge < -0.3 is 45.6 Å². The van der Waals surface area contributed by atoms with Crippen LogP contribution >= 0.6 is 0 Å². The van der Waals surface area contributed by atoms with Crippen molar-refractivity contribution in [2.45, 2.75) is 45.3 Å². The Balaban J connectivity index is 0.00000496. The molecule has 11 nitrogen and oxygen atoms in total. The SMILES string of the molecule is CC(=O)Oc1ccc2[nH]c3c(C)c4cc[n+]([C@H]5O[C@@H](COC(=O)c6ccccc6)[C@H](OC(=O)c6ccccc6)[C@@H]5OC(=O)c5ccccc5)cc4c(C)c3c2c1.[Br-]. The van der Waals surface area contributed by atoms with Crippen LogP contribution in [0.3, 0.4) is 0 Å². The first-order chi connectivity index (χ1) is 27.2. The summed E-state index contributed by atoms with van der Waals surface area (Å²) in [6.45, 7) is 5.10. The smallest absolute Gasteiger partial charge is 0.338 e. The summed E-state index contributed by atoms with van der Waals surface area (Å²) in [6.07, 6.45) is -0.682. The van der Waals surface area contributed by atoms with Crippen LogP contribution in [0.15, 0.2) is 128 Å². The number of esters is 4. The fourth-order valence-corrected chi connectivity index (χ4v) is 7.33. The third-order valence-electron chi connectivity index (χ3n) is 10.0. The molecule has 2 aromatic heterocycles. The topological polar surface area (TPSA) is 134 Å². The van der Waals surface area contributed by atoms with Crippen molar-refractivity contribution in [1.82, 2.24) is 4.98 Å². The fourth-order valence-electron chi connectivity index (χ4n) is 7.33. The molecule has 0 saturated carbocycles. The van der Waals surface area contributed by atoms with E-state index in [0.29, 0.717) is 16.9 Å². The number of benzene rings is 5. The van der Waals surface area contributed by atoms with Gasteiger partial charge in [-0.15, -0.1) is 0 Å². The maximum absolute atomic E-state index is 13.7. The van der Waals surface area contributed by atoms with Crippen LogP contribution in [0, 0.1) is 13.8 Å². The molecule has 1 saturated heterocycles. The van der Waals surface area contributed by atoms with Crippen molar-refractivity contribution in [3.8, 4) is 5.75 Å². The number of rotatable bonds is 9. The number of aromatic nitrogens is 2. The maximum Gasteiger partial charge on any atom is 0.338 e. The lowest BCUT2D eigenvalue weighted by molar-refractivity contribution is -0.764. The molecule has 0 unspecified atom stereocenters. The third-order valence-corrected chi connectivity index (χ3v) is 10.0. The number of hydrogen-bond donors (Lipinski definition) is 1. The first kappa shape index (κ1) is 38.9. The fraction of sp³-hybridized carbons (Fsp3) is 0.178. The average molecular weight is 830 g/mol. The highest BCUT2D eigenvalue weighted by Crippen LogP contribution is 2.38. The van der Waals surface area contributed by atoms with Gasteiger partial charge in [-0.3, -0.25) is 4.79 Å². The van der Waals surface area contributed by atoms with Crippen LogP contribution in [0.2, 0.25) is 0 Å². The van der Waals surface area contributed by atoms with Crippen molar-refractivity contribution < 1.29 is 64.4 Å². The van der Waals surface area contributed by atoms with Gasteiger partial charge in [0.25, 0.3) is 0 Å². The molecule has 1 N–H and O–H groups in total. The van der Waals surface area contributed by atoms with Gasteiger partial charge in [0.05, 0.1) is 22.2 Å². The van der Waals surface area contributed by atoms with E-state index in [1.54, 1.807) is 102 Å². The largest absolute Gasteiger partial charge is 1.00 e. The van der Waals surface area contributed by atoms with Crippen LogP contribution in [0.5, 0.6) is 5.75 Å². The number of H-pyrrole nitrogens is 1. The number of carbonyl (C=O) groups is 4. The van der Waals surface area contributed by atoms with E-state index in [2.05, 4.69) is 4.98 Å². The summed E-state index contributed by atoms with van der Waals surface area (Å²) < 4.78 is 31.9. The monoisotopic (exact) mass is 828 g/mol. The molecular formula is C45H37BrN2O9. The van der Waals surface area contributed by atoms with Crippen molar-refractivity contribution in [3.63, 3.8) is 0 Å². The van der Waals surface area contributed by atoms with Crippen molar-refractivity contribution in [3.05, 3.63) is 155 Å². The molecule has 288 valence electrons. The number of hydrogen-bond acceptors (Lipinski definition) is 9. The van der Waals surface area contributed by atoms with Gasteiger partial charge >= 0.3 is 30.1 Å². The van der Waals surface area contributed by atoms with Crippen molar-refractivity contribution >= 4 is 56.5 Å². The maximum atomic E-state index is 13.7. The Morgan fingerprint density at radius 3 is 1.86 bits per heavy atom. The van der Waals surface area contributed by atoms with Crippen molar-refractivity contribution in [2.24, 2.45) is 0 Å². The molecule has 3 heterocycles. The van der Waals surface area contributed by atoms with E-state index in [-0.39, 0.29) is 29.2 Å². The number of nitrogens with zero attached hydrogens (tertiary/aromatic N) is 1. The Bertz CT molecular complexity index is 2630. The number of halogens is 1. The summed E-state index contributed by atoms with van der Waals surface area (Å²) in [5, 5.41) is 3.69. The molecule has 0 bridgehead atoms. The van der Waals surface area contributed by atoms with E-state index in [1.165, 1.54) is 6.92 Å². The van der Waals surface area contributed by atoms with E-state index in [9.17, 15) is 19.2 Å². The summed E-state index contributed by atoms with van der Waals surface area (Å²) in [5.41, 5.74) is 4.69. The van der Waals surface area contributed by atoms with Crippen LogP contribution in [-0.4, -0.2) is 53.8 Å². The Hall–Kier alpha value is -6.37. The van der Waals surface area contributed by atoms with E-state index in [0.717, 1.165) is 43.7 Å². The Morgan fingerprint density at radius 1 is 0.684 bits per heavy atom. The molecule has 57 heavy (non-hydrogen) atoms. The quantitative estimate of drug-likeness (QED) is 0.0966. The van der Waals surface area contributed by atoms with Gasteiger partial charge in [0.2, 0.25) is 6.10 Å². The first-order valence-corrected chi connectivity index (χ1v) is 18.1. The Kier molecular flexibility index (Phi) is 11.2. The molecule has 0 aliphatic carbocycles. The minimum atomic E-state index is -1.19. The zero-order valence-electron chi connectivity index (χ0n) is 31.1. The zero-order valence-corrected chi connectivity index (χ0v) is 32.7. The molecule has 5 aromatic carbocycles. The zero-order chi connectivity index (χ0) is 38.9. The van der Waals surface area contributed by atoms with Gasteiger partial charge in [0.15, 0.2) is 18.5 Å². The lowest BCUT2D eigenvalue weighted by Crippen LogP contribution is -3.00. The number of fused-ring (bicyclic) bond motifs is 4. The summed E-state index contributed by atoms with van der Waals surface area (Å²) >= 11 is 0. The Morgan fingerprint density at radius 2 is 1.26 bits per heavy atom. The highest BCUT2D eigenvalue weighted by molar-refractivity contribution is 6.16. The molecule has 1 aliphatic heterocycles. The predicted molar refractivity (Wildman–Crippen MR) is 206 cm³/mol. The van der Waals surface area contributed by atoms with Gasteiger partial charge in [-0.2, -0.15) is 4.57 Å². The summed E-state index contributed by atoms with van der Waals surface area (Å²) in [4.78, 5) is 55.8. The molecule has 4 atom stereocenters. The molecule has 12 heteroatoms. The number of carbonyl (C=O) groups excluding carboxylic acids is 4. The lowest BCUT2D eigenvalue weighted by Gasteiger charge is -2.23. The van der Waals surface area contributed by atoms with Crippen LogP contribution in [0.25, 0.3) is 32.6 Å². The molecular weight excluding hydrogens is 792 g/mol. The van der Waals surface area contributed by atoms with Crippen LogP contribution in [0.4, 0.5) is 0 Å². The number of pyridine rings is 1. The molecule has 0 radical (unpaired) electrons. The van der Waals surface area contributed by atoms with Crippen molar-refractivity contribution in [2.75, 3.05) is 6.61 Å². The van der Waals surface area contributed by atoms with E-state index in [4.69, 9.17) is 23.7 Å². The van der Waals surface area contributed by atoms with E-state index in [1.807, 2.05) is 44.4 Å². The number of nitrogens with one attached hydrogen (secondary N) is 1. The van der Waals surface area contributed by atoms with Crippen LogP contribution < -0.4 is 26.3 Å². The second-order valence-corrected chi connectivity index (χ2v) is 13.6. The summed E-state index contributed by atoms with van der Waals surface area (Å²) in [5.74, 6) is -1.88. The highest BCUT2D eigenvalue weighted by Gasteiger charge is 2.55.